The third-order valence-electron chi connectivity index (χ3n) is 2.84. The number of ether oxygens (including phenoxy) is 1. The molecule has 0 aromatic heterocycles. The van der Waals surface area contributed by atoms with Crippen LogP contribution < -0.4 is 10.1 Å². The van der Waals surface area contributed by atoms with Gasteiger partial charge in [-0.1, -0.05) is 0 Å². The van der Waals surface area contributed by atoms with Gasteiger partial charge in [-0.05, 0) is 54.9 Å². The number of carbonyl (C=O) groups excluding carboxylic acids is 1. The van der Waals surface area contributed by atoms with Crippen molar-refractivity contribution in [1.82, 2.24) is 5.32 Å². The maximum atomic E-state index is 12.1. The maximum absolute atomic E-state index is 12.1. The van der Waals surface area contributed by atoms with E-state index in [-0.39, 0.29) is 11.3 Å². The van der Waals surface area contributed by atoms with Crippen LogP contribution >= 0.6 is 27.5 Å². The highest BCUT2D eigenvalue weighted by Gasteiger charge is 2.26. The predicted octanol–water partition coefficient (Wildman–Crippen LogP) is 3.59. The van der Waals surface area contributed by atoms with E-state index >= 15 is 0 Å². The van der Waals surface area contributed by atoms with Crippen LogP contribution in [0.25, 0.3) is 0 Å². The summed E-state index contributed by atoms with van der Waals surface area (Å²) >= 11 is 9.39. The Bertz CT molecular complexity index is 447. The highest BCUT2D eigenvalue weighted by Crippen LogP contribution is 2.26. The fourth-order valence-corrected chi connectivity index (χ4v) is 1.87. The lowest BCUT2D eigenvalue weighted by atomic mass is 10.0. The van der Waals surface area contributed by atoms with Gasteiger partial charge in [0.2, 0.25) is 0 Å². The van der Waals surface area contributed by atoms with Crippen LogP contribution in [0.3, 0.4) is 0 Å². The van der Waals surface area contributed by atoms with Gasteiger partial charge in [-0.15, -0.1) is 11.6 Å². The molecule has 1 rings (SSSR count). The molecule has 1 atom stereocenters. The van der Waals surface area contributed by atoms with E-state index in [0.29, 0.717) is 11.3 Å². The Balaban J connectivity index is 2.89. The minimum Gasteiger partial charge on any atom is -0.496 e. The molecule has 0 aliphatic carbocycles. The summed E-state index contributed by atoms with van der Waals surface area (Å²) in [6, 6.07) is 5.19. The number of rotatable bonds is 4. The standard InChI is InChI=1S/C13H17BrClNO2/c1-8(15)13(2,3)16-12(17)9-5-6-11(18-4)10(14)7-9/h5-8H,1-4H3,(H,16,17). The predicted molar refractivity (Wildman–Crippen MR) is 77.6 cm³/mol. The molecule has 1 aromatic rings. The quantitative estimate of drug-likeness (QED) is 0.855. The van der Waals surface area contributed by atoms with E-state index in [0.717, 1.165) is 4.47 Å². The first-order valence-corrected chi connectivity index (χ1v) is 6.81. The normalized spacial score (nSPS) is 13.0. The fraction of sp³-hybridized carbons (Fsp3) is 0.462. The Morgan fingerprint density at radius 3 is 2.56 bits per heavy atom. The van der Waals surface area contributed by atoms with Crippen molar-refractivity contribution in [2.24, 2.45) is 0 Å². The Morgan fingerprint density at radius 2 is 2.11 bits per heavy atom. The lowest BCUT2D eigenvalue weighted by Crippen LogP contribution is -2.49. The second kappa shape index (κ2) is 5.93. The largest absolute Gasteiger partial charge is 0.496 e. The average Bonchev–Trinajstić information content (AvgIpc) is 2.28. The molecule has 1 amide bonds. The van der Waals surface area contributed by atoms with Gasteiger partial charge < -0.3 is 10.1 Å². The SMILES string of the molecule is COc1ccc(C(=O)NC(C)(C)C(C)Cl)cc1Br. The van der Waals surface area contributed by atoms with E-state index in [1.807, 2.05) is 20.8 Å². The van der Waals surface area contributed by atoms with Crippen LogP contribution in [0.4, 0.5) is 0 Å². The molecule has 3 nitrogen and oxygen atoms in total. The minimum absolute atomic E-state index is 0.157. The van der Waals surface area contributed by atoms with Gasteiger partial charge in [0, 0.05) is 5.56 Å². The van der Waals surface area contributed by atoms with Gasteiger partial charge >= 0.3 is 0 Å². The van der Waals surface area contributed by atoms with Crippen molar-refractivity contribution in [2.75, 3.05) is 7.11 Å². The molecule has 0 aliphatic rings. The van der Waals surface area contributed by atoms with Gasteiger partial charge in [0.25, 0.3) is 5.91 Å². The second-order valence-corrected chi connectivity index (χ2v) is 6.15. The van der Waals surface area contributed by atoms with Gasteiger partial charge in [0.05, 0.1) is 22.5 Å². The Morgan fingerprint density at radius 1 is 1.50 bits per heavy atom. The van der Waals surface area contributed by atoms with E-state index in [2.05, 4.69) is 21.2 Å². The van der Waals surface area contributed by atoms with Crippen molar-refractivity contribution in [3.05, 3.63) is 28.2 Å². The van der Waals surface area contributed by atoms with Crippen LogP contribution in [-0.4, -0.2) is 23.9 Å². The lowest BCUT2D eigenvalue weighted by molar-refractivity contribution is 0.0912. The maximum Gasteiger partial charge on any atom is 0.251 e. The van der Waals surface area contributed by atoms with Gasteiger partial charge in [0.1, 0.15) is 5.75 Å². The summed E-state index contributed by atoms with van der Waals surface area (Å²) in [5.74, 6) is 0.535. The highest BCUT2D eigenvalue weighted by molar-refractivity contribution is 9.10. The van der Waals surface area contributed by atoms with E-state index in [1.165, 1.54) is 0 Å². The molecule has 0 aliphatic heterocycles. The molecule has 18 heavy (non-hydrogen) atoms. The Labute approximate surface area is 121 Å². The summed E-state index contributed by atoms with van der Waals surface area (Å²) in [5, 5.41) is 2.74. The summed E-state index contributed by atoms with van der Waals surface area (Å²) in [7, 11) is 1.58. The zero-order chi connectivity index (χ0) is 13.9. The molecule has 0 heterocycles. The van der Waals surface area contributed by atoms with Crippen LogP contribution in [0.2, 0.25) is 0 Å². The number of hydrogen-bond acceptors (Lipinski definition) is 2. The Kier molecular flexibility index (Phi) is 5.05. The number of methoxy groups -OCH3 is 1. The topological polar surface area (TPSA) is 38.3 Å². The van der Waals surface area contributed by atoms with Crippen molar-refractivity contribution < 1.29 is 9.53 Å². The van der Waals surface area contributed by atoms with Gasteiger partial charge in [-0.25, -0.2) is 0 Å². The minimum atomic E-state index is -0.467. The Hall–Kier alpha value is -0.740. The van der Waals surface area contributed by atoms with Gasteiger partial charge in [-0.3, -0.25) is 4.79 Å². The summed E-state index contributed by atoms with van der Waals surface area (Å²) in [6.07, 6.45) is 0. The molecule has 1 unspecified atom stereocenters. The number of nitrogens with one attached hydrogen (secondary N) is 1. The van der Waals surface area contributed by atoms with Crippen molar-refractivity contribution in [3.63, 3.8) is 0 Å². The molecule has 5 heteroatoms. The molecule has 0 fully saturated rings. The highest BCUT2D eigenvalue weighted by atomic mass is 79.9. The molecule has 1 aromatic carbocycles. The van der Waals surface area contributed by atoms with Gasteiger partial charge in [-0.2, -0.15) is 0 Å². The fourth-order valence-electron chi connectivity index (χ4n) is 1.27. The number of carbonyl (C=O) groups is 1. The van der Waals surface area contributed by atoms with Crippen molar-refractivity contribution in [3.8, 4) is 5.75 Å². The first-order chi connectivity index (χ1) is 8.27. The first-order valence-electron chi connectivity index (χ1n) is 5.58. The smallest absolute Gasteiger partial charge is 0.251 e. The van der Waals surface area contributed by atoms with Crippen LogP contribution in [0.1, 0.15) is 31.1 Å². The first kappa shape index (κ1) is 15.3. The number of amides is 1. The number of benzene rings is 1. The molecule has 0 saturated heterocycles. The molecule has 100 valence electrons. The summed E-state index contributed by atoms with van der Waals surface area (Å²) < 4.78 is 5.86. The molecular formula is C13H17BrClNO2. The monoisotopic (exact) mass is 333 g/mol. The number of halogens is 2. The van der Waals surface area contributed by atoms with E-state index in [4.69, 9.17) is 16.3 Å². The molecule has 0 saturated carbocycles. The van der Waals surface area contributed by atoms with Crippen molar-refractivity contribution in [2.45, 2.75) is 31.7 Å². The van der Waals surface area contributed by atoms with Crippen molar-refractivity contribution >= 4 is 33.4 Å². The van der Waals surface area contributed by atoms with E-state index in [1.54, 1.807) is 25.3 Å². The molecule has 1 N–H and O–H groups in total. The van der Waals surface area contributed by atoms with Crippen LogP contribution in [-0.2, 0) is 0 Å². The average molecular weight is 335 g/mol. The van der Waals surface area contributed by atoms with Crippen LogP contribution in [0, 0.1) is 0 Å². The van der Waals surface area contributed by atoms with E-state index < -0.39 is 5.54 Å². The third kappa shape index (κ3) is 3.62. The summed E-state index contributed by atoms with van der Waals surface area (Å²) in [4.78, 5) is 12.1. The molecule has 0 spiro atoms. The van der Waals surface area contributed by atoms with E-state index in [9.17, 15) is 4.79 Å². The molecule has 0 radical (unpaired) electrons. The lowest BCUT2D eigenvalue weighted by Gasteiger charge is -2.29. The summed E-state index contributed by atoms with van der Waals surface area (Å²) in [5.41, 5.74) is 0.0958. The molecule has 0 bridgehead atoms. The van der Waals surface area contributed by atoms with Crippen molar-refractivity contribution in [1.29, 1.82) is 0 Å². The van der Waals surface area contributed by atoms with Gasteiger partial charge in [0.15, 0.2) is 0 Å². The second-order valence-electron chi connectivity index (χ2n) is 4.64. The zero-order valence-corrected chi connectivity index (χ0v) is 13.2. The summed E-state index contributed by atoms with van der Waals surface area (Å²) in [6.45, 7) is 5.63. The molecular weight excluding hydrogens is 318 g/mol. The number of alkyl halides is 1. The van der Waals surface area contributed by atoms with Crippen LogP contribution in [0.5, 0.6) is 5.75 Å². The zero-order valence-electron chi connectivity index (χ0n) is 10.9. The number of hydrogen-bond donors (Lipinski definition) is 1. The van der Waals surface area contributed by atoms with Crippen LogP contribution in [0.15, 0.2) is 22.7 Å². The third-order valence-corrected chi connectivity index (χ3v) is 4.01.